The molecule has 0 saturated heterocycles. The van der Waals surface area contributed by atoms with Crippen molar-refractivity contribution in [3.8, 4) is 0 Å². The summed E-state index contributed by atoms with van der Waals surface area (Å²) in [4.78, 5) is 0. The third-order valence-corrected chi connectivity index (χ3v) is 2.31. The molecule has 0 unspecified atom stereocenters. The minimum absolute atomic E-state index is 0.582. The molecule has 6 heteroatoms. The van der Waals surface area contributed by atoms with Crippen molar-refractivity contribution in [3.63, 3.8) is 0 Å². The summed E-state index contributed by atoms with van der Waals surface area (Å²) in [6.07, 6.45) is 0. The van der Waals surface area contributed by atoms with Crippen LogP contribution in [0.2, 0.25) is 0 Å². The van der Waals surface area contributed by atoms with E-state index in [2.05, 4.69) is 15.4 Å². The molecule has 13 heavy (non-hydrogen) atoms. The lowest BCUT2D eigenvalue weighted by atomic mass is 10.2. The molecule has 1 N–H and O–H groups in total. The van der Waals surface area contributed by atoms with Gasteiger partial charge in [-0.15, -0.1) is 5.10 Å². The summed E-state index contributed by atoms with van der Waals surface area (Å²) in [7, 11) is 0. The monoisotopic (exact) mass is 235 g/mol. The van der Waals surface area contributed by atoms with E-state index >= 15 is 0 Å². The maximum atomic E-state index is 5.70. The zero-order chi connectivity index (χ0) is 9.47. The zero-order valence-corrected chi connectivity index (χ0v) is 8.53. The Morgan fingerprint density at radius 2 is 2.00 bits per heavy atom. The number of nitrogens with zero attached hydrogens (tertiary/aromatic N) is 2. The molecule has 2 rings (SSSR count). The Kier molecular flexibility index (Phi) is 2.10. The third-order valence-electron chi connectivity index (χ3n) is 1.65. The average molecular weight is 236 g/mol. The number of benzene rings is 1. The lowest BCUT2D eigenvalue weighted by Crippen LogP contribution is -1.98. The molecule has 0 aliphatic heterocycles. The summed E-state index contributed by atoms with van der Waals surface area (Å²) in [6, 6.07) is 5.17. The zero-order valence-electron chi connectivity index (χ0n) is 6.26. The van der Waals surface area contributed by atoms with Crippen LogP contribution in [0.3, 0.4) is 0 Å². The Balaban J connectivity index is 2.61. The highest BCUT2D eigenvalue weighted by atomic mass is 35.6. The van der Waals surface area contributed by atoms with E-state index in [0.717, 1.165) is 5.52 Å². The van der Waals surface area contributed by atoms with E-state index in [4.69, 9.17) is 34.8 Å². The van der Waals surface area contributed by atoms with E-state index in [-0.39, 0.29) is 0 Å². The Bertz CT molecular complexity index is 432. The topological polar surface area (TPSA) is 41.6 Å². The number of aromatic nitrogens is 3. The van der Waals surface area contributed by atoms with Crippen molar-refractivity contribution < 1.29 is 0 Å². The van der Waals surface area contributed by atoms with Gasteiger partial charge in [0.2, 0.25) is 3.79 Å². The van der Waals surface area contributed by atoms with Crippen LogP contribution in [0.25, 0.3) is 11.0 Å². The van der Waals surface area contributed by atoms with Crippen LogP contribution in [-0.4, -0.2) is 15.4 Å². The largest absolute Gasteiger partial charge is 0.258 e. The van der Waals surface area contributed by atoms with Gasteiger partial charge in [0.15, 0.2) is 0 Å². The van der Waals surface area contributed by atoms with Gasteiger partial charge in [-0.05, 0) is 12.1 Å². The third kappa shape index (κ3) is 1.73. The second-order valence-corrected chi connectivity index (χ2v) is 4.82. The van der Waals surface area contributed by atoms with Crippen molar-refractivity contribution in [1.82, 2.24) is 15.4 Å². The number of fused-ring (bicyclic) bond motifs is 1. The Morgan fingerprint density at radius 3 is 2.69 bits per heavy atom. The summed E-state index contributed by atoms with van der Waals surface area (Å²) in [5.74, 6) is 0. The standard InChI is InChI=1S/C7H4Cl3N3/c8-7(9,10)4-1-2-5-6(3-4)12-13-11-5/h1-3H,(H,11,12,13). The fourth-order valence-electron chi connectivity index (χ4n) is 1.02. The maximum Gasteiger partial charge on any atom is 0.216 e. The summed E-state index contributed by atoms with van der Waals surface area (Å²) in [5.41, 5.74) is 2.08. The molecule has 1 aromatic heterocycles. The van der Waals surface area contributed by atoms with Gasteiger partial charge in [0.1, 0.15) is 5.52 Å². The molecule has 0 bridgehead atoms. The van der Waals surface area contributed by atoms with Crippen LogP contribution in [-0.2, 0) is 3.79 Å². The molecule has 1 heterocycles. The molecule has 0 fully saturated rings. The average Bonchev–Trinajstić information content (AvgIpc) is 2.47. The number of halogens is 3. The van der Waals surface area contributed by atoms with Crippen molar-refractivity contribution >= 4 is 45.8 Å². The number of nitrogens with one attached hydrogen (secondary N) is 1. The van der Waals surface area contributed by atoms with Crippen LogP contribution in [0.15, 0.2) is 18.2 Å². The first-order valence-electron chi connectivity index (χ1n) is 3.45. The van der Waals surface area contributed by atoms with Crippen molar-refractivity contribution in [1.29, 1.82) is 0 Å². The Morgan fingerprint density at radius 1 is 1.23 bits per heavy atom. The van der Waals surface area contributed by atoms with Gasteiger partial charge < -0.3 is 0 Å². The number of rotatable bonds is 0. The van der Waals surface area contributed by atoms with Gasteiger partial charge in [-0.1, -0.05) is 46.1 Å². The molecular formula is C7H4Cl3N3. The highest BCUT2D eigenvalue weighted by molar-refractivity contribution is 6.66. The first kappa shape index (κ1) is 9.06. The quantitative estimate of drug-likeness (QED) is 0.715. The number of hydrogen-bond acceptors (Lipinski definition) is 2. The molecule has 0 radical (unpaired) electrons. The highest BCUT2D eigenvalue weighted by Crippen LogP contribution is 2.38. The first-order valence-corrected chi connectivity index (χ1v) is 4.59. The minimum Gasteiger partial charge on any atom is -0.258 e. The van der Waals surface area contributed by atoms with Crippen molar-refractivity contribution in [2.24, 2.45) is 0 Å². The van der Waals surface area contributed by atoms with Gasteiger partial charge in [-0.3, -0.25) is 5.10 Å². The van der Waals surface area contributed by atoms with E-state index in [1.165, 1.54) is 0 Å². The molecule has 3 nitrogen and oxygen atoms in total. The second-order valence-electron chi connectivity index (χ2n) is 2.54. The summed E-state index contributed by atoms with van der Waals surface area (Å²) >= 11 is 17.1. The first-order chi connectivity index (χ1) is 6.07. The van der Waals surface area contributed by atoms with Crippen molar-refractivity contribution in [2.45, 2.75) is 3.79 Å². The van der Waals surface area contributed by atoms with E-state index in [1.54, 1.807) is 18.2 Å². The summed E-state index contributed by atoms with van der Waals surface area (Å²) in [6.45, 7) is 0. The van der Waals surface area contributed by atoms with Crippen LogP contribution < -0.4 is 0 Å². The molecule has 0 aliphatic rings. The fourth-order valence-corrected chi connectivity index (χ4v) is 1.37. The number of H-pyrrole nitrogens is 1. The molecule has 0 spiro atoms. The predicted molar refractivity (Wildman–Crippen MR) is 53.1 cm³/mol. The summed E-state index contributed by atoms with van der Waals surface area (Å²) in [5, 5.41) is 10.1. The molecule has 68 valence electrons. The molecule has 2 aromatic rings. The van der Waals surface area contributed by atoms with E-state index in [9.17, 15) is 0 Å². The van der Waals surface area contributed by atoms with Crippen molar-refractivity contribution in [3.05, 3.63) is 23.8 Å². The fraction of sp³-hybridized carbons (Fsp3) is 0.143. The van der Waals surface area contributed by atoms with Crippen LogP contribution in [0, 0.1) is 0 Å². The Hall–Kier alpha value is -0.510. The smallest absolute Gasteiger partial charge is 0.216 e. The molecular weight excluding hydrogens is 232 g/mol. The normalized spacial score (nSPS) is 12.2. The van der Waals surface area contributed by atoms with Crippen molar-refractivity contribution in [2.75, 3.05) is 0 Å². The Labute approximate surface area is 89.0 Å². The minimum atomic E-state index is -1.41. The van der Waals surface area contributed by atoms with E-state index < -0.39 is 3.79 Å². The van der Waals surface area contributed by atoms with Crippen LogP contribution >= 0.6 is 34.8 Å². The van der Waals surface area contributed by atoms with Gasteiger partial charge in [0.05, 0.1) is 5.52 Å². The van der Waals surface area contributed by atoms with Gasteiger partial charge in [-0.2, -0.15) is 0 Å². The molecule has 0 amide bonds. The molecule has 0 saturated carbocycles. The molecule has 0 aliphatic carbocycles. The predicted octanol–water partition coefficient (Wildman–Crippen LogP) is 2.78. The number of hydrogen-bond donors (Lipinski definition) is 1. The lowest BCUT2D eigenvalue weighted by Gasteiger charge is -2.09. The van der Waals surface area contributed by atoms with Crippen LogP contribution in [0.5, 0.6) is 0 Å². The van der Waals surface area contributed by atoms with E-state index in [1.807, 2.05) is 0 Å². The van der Waals surface area contributed by atoms with Gasteiger partial charge in [0.25, 0.3) is 0 Å². The second kappa shape index (κ2) is 3.01. The number of alkyl halides is 3. The SMILES string of the molecule is ClC(Cl)(Cl)c1ccc2[nH]nnc2c1. The maximum absolute atomic E-state index is 5.70. The van der Waals surface area contributed by atoms with Gasteiger partial charge in [-0.25, -0.2) is 0 Å². The molecule has 0 atom stereocenters. The number of aromatic amines is 1. The highest BCUT2D eigenvalue weighted by Gasteiger charge is 2.23. The van der Waals surface area contributed by atoms with E-state index in [0.29, 0.717) is 11.1 Å². The van der Waals surface area contributed by atoms with Crippen LogP contribution in [0.4, 0.5) is 0 Å². The van der Waals surface area contributed by atoms with Crippen LogP contribution in [0.1, 0.15) is 5.56 Å². The van der Waals surface area contributed by atoms with Gasteiger partial charge in [0, 0.05) is 5.56 Å². The molecule has 1 aromatic carbocycles. The summed E-state index contributed by atoms with van der Waals surface area (Å²) < 4.78 is -1.41. The van der Waals surface area contributed by atoms with Gasteiger partial charge >= 0.3 is 0 Å². The lowest BCUT2D eigenvalue weighted by molar-refractivity contribution is 0.959.